The van der Waals surface area contributed by atoms with Gasteiger partial charge in [0.1, 0.15) is 0 Å². The molecule has 0 bridgehead atoms. The molecule has 1 N–H and O–H groups in total. The first-order valence-corrected chi connectivity index (χ1v) is 8.24. The number of benzene rings is 1. The highest BCUT2D eigenvalue weighted by atomic mass is 79.9. The van der Waals surface area contributed by atoms with E-state index in [2.05, 4.69) is 35.1 Å². The second-order valence-corrected chi connectivity index (χ2v) is 6.30. The van der Waals surface area contributed by atoms with Crippen molar-refractivity contribution >= 4 is 33.2 Å². The van der Waals surface area contributed by atoms with E-state index in [4.69, 9.17) is 0 Å². The maximum Gasteiger partial charge on any atom is 0.255 e. The fraction of sp³-hybridized carbons (Fsp3) is 0.412. The van der Waals surface area contributed by atoms with E-state index in [0.717, 1.165) is 17.6 Å². The van der Waals surface area contributed by atoms with Crippen LogP contribution in [0.3, 0.4) is 0 Å². The molecule has 1 aromatic rings. The van der Waals surface area contributed by atoms with Gasteiger partial charge < -0.3 is 5.32 Å². The Kier molecular flexibility index (Phi) is 4.99. The average Bonchev–Trinajstić information content (AvgIpc) is 2.79. The SMILES string of the molecule is CCNC(=O)C1=C(C(Br)C(C)CC)c2ccccc2C1=O. The summed E-state index contributed by atoms with van der Waals surface area (Å²) in [5.74, 6) is -0.107. The molecule has 112 valence electrons. The molecule has 0 saturated carbocycles. The minimum Gasteiger partial charge on any atom is -0.352 e. The number of carbonyl (C=O) groups excluding carboxylic acids is 2. The number of hydrogen-bond donors (Lipinski definition) is 1. The molecule has 0 heterocycles. The Balaban J connectivity index is 2.58. The highest BCUT2D eigenvalue weighted by molar-refractivity contribution is 9.09. The topological polar surface area (TPSA) is 46.2 Å². The monoisotopic (exact) mass is 349 g/mol. The first-order valence-electron chi connectivity index (χ1n) is 7.33. The van der Waals surface area contributed by atoms with Crippen molar-refractivity contribution in [1.82, 2.24) is 5.32 Å². The Labute approximate surface area is 133 Å². The molecule has 2 unspecified atom stereocenters. The van der Waals surface area contributed by atoms with E-state index in [9.17, 15) is 9.59 Å². The van der Waals surface area contributed by atoms with Crippen LogP contribution in [-0.4, -0.2) is 23.1 Å². The molecule has 0 spiro atoms. The van der Waals surface area contributed by atoms with Crippen molar-refractivity contribution < 1.29 is 9.59 Å². The molecule has 1 aliphatic carbocycles. The van der Waals surface area contributed by atoms with Crippen LogP contribution in [0.4, 0.5) is 0 Å². The summed E-state index contributed by atoms with van der Waals surface area (Å²) in [6.07, 6.45) is 0.971. The Bertz CT molecular complexity index is 607. The average molecular weight is 350 g/mol. The summed E-state index contributed by atoms with van der Waals surface area (Å²) < 4.78 is 0. The molecule has 3 nitrogen and oxygen atoms in total. The van der Waals surface area contributed by atoms with Gasteiger partial charge >= 0.3 is 0 Å². The number of fused-ring (bicyclic) bond motifs is 1. The van der Waals surface area contributed by atoms with Crippen molar-refractivity contribution in [2.45, 2.75) is 32.0 Å². The number of alkyl halides is 1. The predicted octanol–water partition coefficient (Wildman–Crippen LogP) is 3.58. The van der Waals surface area contributed by atoms with Gasteiger partial charge in [0.05, 0.1) is 5.57 Å². The van der Waals surface area contributed by atoms with Crippen LogP contribution < -0.4 is 5.32 Å². The number of hydrogen-bond acceptors (Lipinski definition) is 2. The van der Waals surface area contributed by atoms with Gasteiger partial charge in [0.15, 0.2) is 5.78 Å². The minimum atomic E-state index is -0.276. The fourth-order valence-electron chi connectivity index (χ4n) is 2.56. The number of halogens is 1. The normalized spacial score (nSPS) is 16.7. The van der Waals surface area contributed by atoms with Crippen LogP contribution in [0.2, 0.25) is 0 Å². The second kappa shape index (κ2) is 6.56. The molecule has 2 rings (SSSR count). The number of allylic oxidation sites excluding steroid dienone is 1. The molecule has 2 atom stereocenters. The van der Waals surface area contributed by atoms with Crippen molar-refractivity contribution in [1.29, 1.82) is 0 Å². The Morgan fingerprint density at radius 1 is 1.24 bits per heavy atom. The van der Waals surface area contributed by atoms with Gasteiger partial charge in [0.2, 0.25) is 0 Å². The molecular formula is C17H20BrNO2. The molecule has 1 aromatic carbocycles. The zero-order valence-electron chi connectivity index (χ0n) is 12.6. The number of rotatable bonds is 5. The van der Waals surface area contributed by atoms with Crippen molar-refractivity contribution in [3.8, 4) is 0 Å². The van der Waals surface area contributed by atoms with Crippen LogP contribution in [0, 0.1) is 5.92 Å². The lowest BCUT2D eigenvalue weighted by atomic mass is 9.93. The molecular weight excluding hydrogens is 330 g/mol. The lowest BCUT2D eigenvalue weighted by Gasteiger charge is -2.20. The molecule has 1 amide bonds. The third kappa shape index (κ3) is 2.82. The summed E-state index contributed by atoms with van der Waals surface area (Å²) in [4.78, 5) is 24.9. The summed E-state index contributed by atoms with van der Waals surface area (Å²) in [6.45, 7) is 6.58. The van der Waals surface area contributed by atoms with Gasteiger partial charge in [-0.25, -0.2) is 0 Å². The molecule has 21 heavy (non-hydrogen) atoms. The number of nitrogens with one attached hydrogen (secondary N) is 1. The smallest absolute Gasteiger partial charge is 0.255 e. The van der Waals surface area contributed by atoms with E-state index in [1.165, 1.54) is 0 Å². The van der Waals surface area contributed by atoms with Crippen LogP contribution >= 0.6 is 15.9 Å². The van der Waals surface area contributed by atoms with E-state index >= 15 is 0 Å². The first-order chi connectivity index (χ1) is 10.0. The standard InChI is InChI=1S/C17H20BrNO2/c1-4-10(3)15(18)13-11-8-6-7-9-12(11)16(20)14(13)17(21)19-5-2/h6-10,15H,4-5H2,1-3H3,(H,19,21). The van der Waals surface area contributed by atoms with E-state index in [-0.39, 0.29) is 16.5 Å². The van der Waals surface area contributed by atoms with E-state index < -0.39 is 0 Å². The number of likely N-dealkylation sites (N-methyl/N-ethyl adjacent to an activating group) is 1. The van der Waals surface area contributed by atoms with Crippen molar-refractivity contribution in [2.75, 3.05) is 6.54 Å². The lowest BCUT2D eigenvalue weighted by molar-refractivity contribution is -0.117. The van der Waals surface area contributed by atoms with Gasteiger partial charge in [-0.2, -0.15) is 0 Å². The van der Waals surface area contributed by atoms with Gasteiger partial charge in [-0.1, -0.05) is 60.5 Å². The predicted molar refractivity (Wildman–Crippen MR) is 88.5 cm³/mol. The van der Waals surface area contributed by atoms with Crippen LogP contribution in [0.15, 0.2) is 29.8 Å². The quantitative estimate of drug-likeness (QED) is 0.652. The van der Waals surface area contributed by atoms with E-state index in [0.29, 0.717) is 23.6 Å². The molecule has 0 aliphatic heterocycles. The van der Waals surface area contributed by atoms with Gasteiger partial charge in [-0.15, -0.1) is 0 Å². The van der Waals surface area contributed by atoms with Crippen LogP contribution in [-0.2, 0) is 4.79 Å². The minimum absolute atomic E-state index is 0.00675. The molecule has 0 radical (unpaired) electrons. The highest BCUT2D eigenvalue weighted by Gasteiger charge is 2.37. The van der Waals surface area contributed by atoms with Crippen LogP contribution in [0.5, 0.6) is 0 Å². The Morgan fingerprint density at radius 2 is 1.86 bits per heavy atom. The van der Waals surface area contributed by atoms with Gasteiger partial charge in [-0.05, 0) is 24.0 Å². The second-order valence-electron chi connectivity index (χ2n) is 5.31. The summed E-state index contributed by atoms with van der Waals surface area (Å²) >= 11 is 3.70. The molecule has 0 fully saturated rings. The number of amides is 1. The molecule has 0 aromatic heterocycles. The first kappa shape index (κ1) is 16.0. The summed E-state index contributed by atoms with van der Waals surface area (Å²) in [6, 6.07) is 7.45. The Morgan fingerprint density at radius 3 is 2.43 bits per heavy atom. The van der Waals surface area contributed by atoms with Crippen LogP contribution in [0.1, 0.15) is 43.1 Å². The zero-order valence-corrected chi connectivity index (χ0v) is 14.2. The van der Waals surface area contributed by atoms with Gasteiger partial charge in [0, 0.05) is 16.9 Å². The summed E-state index contributed by atoms with van der Waals surface area (Å²) in [5.41, 5.74) is 2.63. The lowest BCUT2D eigenvalue weighted by Crippen LogP contribution is -2.28. The van der Waals surface area contributed by atoms with Gasteiger partial charge in [-0.3, -0.25) is 9.59 Å². The van der Waals surface area contributed by atoms with Crippen molar-refractivity contribution in [3.63, 3.8) is 0 Å². The molecule has 0 saturated heterocycles. The van der Waals surface area contributed by atoms with E-state index in [1.807, 2.05) is 25.1 Å². The highest BCUT2D eigenvalue weighted by Crippen LogP contribution is 2.40. The van der Waals surface area contributed by atoms with Crippen molar-refractivity contribution in [2.24, 2.45) is 5.92 Å². The number of Topliss-reactive ketones (excluding diaryl/α,β-unsaturated/α-hetero) is 1. The third-order valence-electron chi connectivity index (χ3n) is 3.94. The van der Waals surface area contributed by atoms with Crippen molar-refractivity contribution in [3.05, 3.63) is 41.0 Å². The van der Waals surface area contributed by atoms with Crippen LogP contribution in [0.25, 0.3) is 5.57 Å². The van der Waals surface area contributed by atoms with Gasteiger partial charge in [0.25, 0.3) is 5.91 Å². The summed E-state index contributed by atoms with van der Waals surface area (Å²) in [7, 11) is 0. The maximum absolute atomic E-state index is 12.6. The Hall–Kier alpha value is -1.42. The van der Waals surface area contributed by atoms with E-state index in [1.54, 1.807) is 6.07 Å². The maximum atomic E-state index is 12.6. The molecule has 4 heteroatoms. The largest absolute Gasteiger partial charge is 0.352 e. The number of carbonyl (C=O) groups is 2. The third-order valence-corrected chi connectivity index (χ3v) is 5.30. The summed E-state index contributed by atoms with van der Waals surface area (Å²) in [5, 5.41) is 2.76. The zero-order chi connectivity index (χ0) is 15.6. The number of ketones is 1. The molecule has 1 aliphatic rings. The fourth-order valence-corrected chi connectivity index (χ4v) is 3.41.